The van der Waals surface area contributed by atoms with Crippen LogP contribution < -0.4 is 5.32 Å². The summed E-state index contributed by atoms with van der Waals surface area (Å²) in [6, 6.07) is 5.30. The van der Waals surface area contributed by atoms with Crippen LogP contribution in [0.15, 0.2) is 23.1 Å². The van der Waals surface area contributed by atoms with Crippen molar-refractivity contribution in [3.05, 3.63) is 29.0 Å². The fourth-order valence-corrected chi connectivity index (χ4v) is 6.15. The molecule has 2 aliphatic carbocycles. The fraction of sp³-hybridized carbons (Fsp3) is 0.600. The van der Waals surface area contributed by atoms with Crippen molar-refractivity contribution in [2.75, 3.05) is 6.61 Å². The molecule has 0 aliphatic heterocycles. The van der Waals surface area contributed by atoms with E-state index in [2.05, 4.69) is 11.4 Å². The minimum atomic E-state index is -3.86. The van der Waals surface area contributed by atoms with Crippen LogP contribution in [0.2, 0.25) is 5.02 Å². The molecule has 0 unspecified atom stereocenters. The first-order valence-electron chi connectivity index (χ1n) is 9.62. The minimum Gasteiger partial charge on any atom is -0.378 e. The number of amides is 1. The third kappa shape index (κ3) is 4.73. The normalized spacial score (nSPS) is 25.6. The zero-order valence-corrected chi connectivity index (χ0v) is 17.9. The van der Waals surface area contributed by atoms with Crippen molar-refractivity contribution in [2.24, 2.45) is 11.8 Å². The molecule has 9 heteroatoms. The number of hydrogen-bond acceptors (Lipinski definition) is 5. The third-order valence-corrected chi connectivity index (χ3v) is 8.25. The van der Waals surface area contributed by atoms with Crippen LogP contribution in [-0.2, 0) is 19.4 Å². The van der Waals surface area contributed by atoms with Crippen LogP contribution >= 0.6 is 11.6 Å². The second kappa shape index (κ2) is 8.21. The average Bonchev–Trinajstić information content (AvgIpc) is 3.26. The number of benzene rings is 1. The van der Waals surface area contributed by atoms with Gasteiger partial charge in [-0.1, -0.05) is 11.6 Å². The van der Waals surface area contributed by atoms with Crippen molar-refractivity contribution in [3.8, 4) is 6.07 Å². The number of nitriles is 1. The van der Waals surface area contributed by atoms with Gasteiger partial charge in [0, 0.05) is 5.92 Å². The number of rotatable bonds is 7. The first-order chi connectivity index (χ1) is 13.6. The van der Waals surface area contributed by atoms with Gasteiger partial charge in [0.15, 0.2) is 9.84 Å². The van der Waals surface area contributed by atoms with Gasteiger partial charge in [-0.2, -0.15) is 5.26 Å². The Hall–Kier alpha value is -1.69. The van der Waals surface area contributed by atoms with Gasteiger partial charge in [-0.15, -0.1) is 0 Å². The van der Waals surface area contributed by atoms with Crippen LogP contribution in [-0.4, -0.2) is 37.8 Å². The lowest BCUT2D eigenvalue weighted by molar-refractivity contribution is -0.127. The number of nitrogens with zero attached hydrogens (tertiary/aromatic N) is 1. The van der Waals surface area contributed by atoms with Crippen LogP contribution in [0, 0.1) is 29.0 Å². The maximum Gasteiger partial charge on any atom is 0.224 e. The minimum absolute atomic E-state index is 0.0604. The molecule has 6 nitrogen and oxygen atoms in total. The molecule has 1 aromatic carbocycles. The van der Waals surface area contributed by atoms with Gasteiger partial charge in [0.05, 0.1) is 33.9 Å². The molecule has 0 aromatic heterocycles. The van der Waals surface area contributed by atoms with Gasteiger partial charge in [0.25, 0.3) is 0 Å². The number of carbonyl (C=O) groups excluding carboxylic acids is 1. The van der Waals surface area contributed by atoms with Gasteiger partial charge < -0.3 is 10.1 Å². The van der Waals surface area contributed by atoms with Crippen molar-refractivity contribution in [1.29, 1.82) is 5.26 Å². The van der Waals surface area contributed by atoms with Crippen molar-refractivity contribution in [1.82, 2.24) is 5.32 Å². The second-order valence-electron chi connectivity index (χ2n) is 8.14. The Labute approximate surface area is 175 Å². The molecule has 0 heterocycles. The molecule has 0 spiro atoms. The summed E-state index contributed by atoms with van der Waals surface area (Å²) in [6.45, 7) is 3.98. The standard InChI is InChI=1S/C20H24ClFN2O4S/c1-12(2)28-10-13-7-15(9-16(13)19(25)24-20(11-23)5-6-20)29(26,27)18-4-3-14(22)8-17(18)21/h3-4,8,12-13,15-16H,5-7,9-10H2,1-2H3,(H,24,25)/t13-,15-,16+/m0/s1. The molecule has 2 saturated carbocycles. The number of ether oxygens (including phenoxy) is 1. The summed E-state index contributed by atoms with van der Waals surface area (Å²) < 4.78 is 45.3. The second-order valence-corrected chi connectivity index (χ2v) is 10.7. The summed E-state index contributed by atoms with van der Waals surface area (Å²) in [5.41, 5.74) is -0.822. The first kappa shape index (κ1) is 22.0. The molecule has 2 fully saturated rings. The van der Waals surface area contributed by atoms with E-state index in [1.807, 2.05) is 13.8 Å². The molecule has 0 radical (unpaired) electrons. The highest BCUT2D eigenvalue weighted by atomic mass is 35.5. The monoisotopic (exact) mass is 442 g/mol. The molecule has 0 saturated heterocycles. The van der Waals surface area contributed by atoms with Crippen LogP contribution in [0.1, 0.15) is 39.5 Å². The Kier molecular flexibility index (Phi) is 6.23. The van der Waals surface area contributed by atoms with E-state index in [9.17, 15) is 22.9 Å². The van der Waals surface area contributed by atoms with E-state index in [4.69, 9.17) is 16.3 Å². The van der Waals surface area contributed by atoms with Crippen molar-refractivity contribution < 1.29 is 22.3 Å². The largest absolute Gasteiger partial charge is 0.378 e. The van der Waals surface area contributed by atoms with E-state index in [1.54, 1.807) is 0 Å². The maximum atomic E-state index is 13.3. The molecule has 1 amide bonds. The molecule has 0 bridgehead atoms. The lowest BCUT2D eigenvalue weighted by Crippen LogP contribution is -2.41. The topological polar surface area (TPSA) is 96.3 Å². The summed E-state index contributed by atoms with van der Waals surface area (Å²) in [7, 11) is -3.86. The van der Waals surface area contributed by atoms with Gasteiger partial charge in [-0.3, -0.25) is 4.79 Å². The van der Waals surface area contributed by atoms with Gasteiger partial charge in [-0.05, 0) is 63.6 Å². The summed E-state index contributed by atoms with van der Waals surface area (Å²) in [5.74, 6) is -1.82. The highest BCUT2D eigenvalue weighted by Gasteiger charge is 2.50. The summed E-state index contributed by atoms with van der Waals surface area (Å²) in [4.78, 5) is 12.7. The Balaban J connectivity index is 1.83. The van der Waals surface area contributed by atoms with Gasteiger partial charge in [0.2, 0.25) is 5.91 Å². The quantitative estimate of drug-likeness (QED) is 0.654. The Morgan fingerprint density at radius 2 is 2.10 bits per heavy atom. The van der Waals surface area contributed by atoms with Crippen molar-refractivity contribution >= 4 is 27.3 Å². The van der Waals surface area contributed by atoms with E-state index < -0.39 is 32.4 Å². The number of nitrogens with one attached hydrogen (secondary N) is 1. The predicted octanol–water partition coefficient (Wildman–Crippen LogP) is 3.24. The molecule has 1 aromatic rings. The zero-order valence-electron chi connectivity index (χ0n) is 16.3. The van der Waals surface area contributed by atoms with Crippen LogP contribution in [0.5, 0.6) is 0 Å². The molecule has 1 N–H and O–H groups in total. The molecule has 2 aliphatic rings. The van der Waals surface area contributed by atoms with Crippen LogP contribution in [0.4, 0.5) is 4.39 Å². The molecule has 158 valence electrons. The summed E-state index contributed by atoms with van der Waals surface area (Å²) in [5, 5.41) is 11.0. The molecular weight excluding hydrogens is 419 g/mol. The predicted molar refractivity (Wildman–Crippen MR) is 105 cm³/mol. The zero-order chi connectivity index (χ0) is 21.4. The SMILES string of the molecule is CC(C)OC[C@@H]1C[C@H](S(=O)(=O)c2ccc(F)cc2Cl)C[C@H]1C(=O)NC1(C#N)CC1. The smallest absolute Gasteiger partial charge is 0.224 e. The van der Waals surface area contributed by atoms with E-state index in [0.29, 0.717) is 12.8 Å². The summed E-state index contributed by atoms with van der Waals surface area (Å²) >= 11 is 5.99. The van der Waals surface area contributed by atoms with Gasteiger partial charge >= 0.3 is 0 Å². The number of hydrogen-bond donors (Lipinski definition) is 1. The van der Waals surface area contributed by atoms with Gasteiger partial charge in [0.1, 0.15) is 11.4 Å². The Morgan fingerprint density at radius 3 is 2.66 bits per heavy atom. The van der Waals surface area contributed by atoms with Crippen molar-refractivity contribution in [2.45, 2.75) is 61.3 Å². The molecular formula is C20H24ClFN2O4S. The summed E-state index contributed by atoms with van der Waals surface area (Å²) in [6.07, 6.45) is 1.48. The highest BCUT2D eigenvalue weighted by Crippen LogP contribution is 2.42. The van der Waals surface area contributed by atoms with Crippen molar-refractivity contribution in [3.63, 3.8) is 0 Å². The fourth-order valence-electron chi connectivity index (χ4n) is 3.75. The van der Waals surface area contributed by atoms with Gasteiger partial charge in [-0.25, -0.2) is 12.8 Å². The van der Waals surface area contributed by atoms with Crippen LogP contribution in [0.25, 0.3) is 0 Å². The third-order valence-electron chi connectivity index (χ3n) is 5.60. The Bertz CT molecular complexity index is 940. The van der Waals surface area contributed by atoms with Crippen LogP contribution in [0.3, 0.4) is 0 Å². The lowest BCUT2D eigenvalue weighted by Gasteiger charge is -2.21. The Morgan fingerprint density at radius 1 is 1.41 bits per heavy atom. The molecule has 3 atom stereocenters. The average molecular weight is 443 g/mol. The maximum absolute atomic E-state index is 13.3. The first-order valence-corrected chi connectivity index (χ1v) is 11.5. The highest BCUT2D eigenvalue weighted by molar-refractivity contribution is 7.92. The van der Waals surface area contributed by atoms with E-state index >= 15 is 0 Å². The van der Waals surface area contributed by atoms with E-state index in [-0.39, 0.29) is 47.3 Å². The number of halogens is 2. The number of carbonyl (C=O) groups is 1. The lowest BCUT2D eigenvalue weighted by atomic mass is 9.95. The molecule has 29 heavy (non-hydrogen) atoms. The van der Waals surface area contributed by atoms with E-state index in [0.717, 1.165) is 18.2 Å². The molecule has 3 rings (SSSR count). The number of sulfone groups is 1. The van der Waals surface area contributed by atoms with E-state index in [1.165, 1.54) is 0 Å².